The number of anilines is 1. The maximum atomic E-state index is 12.7. The number of piperidine rings is 1. The molecule has 2 atom stereocenters. The number of fused-ring (bicyclic) bond motifs is 1. The summed E-state index contributed by atoms with van der Waals surface area (Å²) in [6.07, 6.45) is 2.61. The normalized spacial score (nSPS) is 22.1. The molecule has 1 aromatic rings. The van der Waals surface area contributed by atoms with E-state index in [1.165, 1.54) is 0 Å². The summed E-state index contributed by atoms with van der Waals surface area (Å²) in [6, 6.07) is 5.33. The zero-order valence-electron chi connectivity index (χ0n) is 16.6. The third-order valence-corrected chi connectivity index (χ3v) is 5.31. The molecule has 2 aliphatic rings. The Morgan fingerprint density at radius 1 is 1.36 bits per heavy atom. The van der Waals surface area contributed by atoms with E-state index in [9.17, 15) is 9.59 Å². The number of benzene rings is 1. The lowest BCUT2D eigenvalue weighted by Crippen LogP contribution is -2.48. The third kappa shape index (κ3) is 4.86. The van der Waals surface area contributed by atoms with Crippen molar-refractivity contribution < 1.29 is 19.1 Å². The van der Waals surface area contributed by atoms with Crippen LogP contribution in [0.2, 0.25) is 0 Å². The Hall–Kier alpha value is -2.48. The van der Waals surface area contributed by atoms with Crippen LogP contribution >= 0.6 is 0 Å². The summed E-state index contributed by atoms with van der Waals surface area (Å²) in [5.41, 5.74) is 6.15. The molecule has 154 valence electrons. The van der Waals surface area contributed by atoms with Crippen molar-refractivity contribution in [2.75, 3.05) is 44.7 Å². The summed E-state index contributed by atoms with van der Waals surface area (Å²) < 4.78 is 11.1. The second kappa shape index (κ2) is 9.14. The SMILES string of the molecule is COc1ccc2c(c1)N(C(=O)NCCCN1CCC[C@H](C(N)=O)C1)C[C@@H](C)O2. The van der Waals surface area contributed by atoms with Gasteiger partial charge in [-0.1, -0.05) is 0 Å². The molecule has 3 N–H and O–H groups in total. The molecular weight excluding hydrogens is 360 g/mol. The Morgan fingerprint density at radius 2 is 2.18 bits per heavy atom. The fourth-order valence-corrected chi connectivity index (χ4v) is 3.82. The molecule has 1 saturated heterocycles. The summed E-state index contributed by atoms with van der Waals surface area (Å²) in [5.74, 6) is 1.10. The zero-order valence-corrected chi connectivity index (χ0v) is 16.6. The average Bonchev–Trinajstić information content (AvgIpc) is 2.70. The number of ether oxygens (including phenoxy) is 2. The number of urea groups is 1. The Bertz CT molecular complexity index is 711. The molecule has 2 heterocycles. The van der Waals surface area contributed by atoms with Crippen LogP contribution in [0.4, 0.5) is 10.5 Å². The summed E-state index contributed by atoms with van der Waals surface area (Å²) in [6.45, 7) is 5.54. The predicted octanol–water partition coefficient (Wildman–Crippen LogP) is 1.58. The minimum Gasteiger partial charge on any atom is -0.497 e. The van der Waals surface area contributed by atoms with Crippen LogP contribution in [0.3, 0.4) is 0 Å². The van der Waals surface area contributed by atoms with Crippen molar-refractivity contribution in [3.8, 4) is 11.5 Å². The molecule has 0 bridgehead atoms. The van der Waals surface area contributed by atoms with Gasteiger partial charge in [0.2, 0.25) is 5.91 Å². The van der Waals surface area contributed by atoms with Crippen LogP contribution in [-0.4, -0.2) is 62.8 Å². The standard InChI is InChI=1S/C20H30N4O4/c1-14-12-24(17-11-16(27-2)6-7-18(17)28-14)20(26)22-8-4-10-23-9-3-5-15(13-23)19(21)25/h6-7,11,14-15H,3-5,8-10,12-13H2,1-2H3,(H2,21,25)(H,22,26)/t14-,15+/m1/s1. The van der Waals surface area contributed by atoms with Crippen LogP contribution in [-0.2, 0) is 4.79 Å². The Labute approximate surface area is 165 Å². The first kappa shape index (κ1) is 20.3. The highest BCUT2D eigenvalue weighted by atomic mass is 16.5. The van der Waals surface area contributed by atoms with Crippen molar-refractivity contribution in [1.82, 2.24) is 10.2 Å². The van der Waals surface area contributed by atoms with Gasteiger partial charge in [-0.3, -0.25) is 9.69 Å². The Balaban J connectivity index is 1.51. The molecule has 2 aliphatic heterocycles. The number of primary amides is 1. The van der Waals surface area contributed by atoms with Crippen LogP contribution in [0.15, 0.2) is 18.2 Å². The van der Waals surface area contributed by atoms with E-state index in [0.29, 0.717) is 24.6 Å². The molecule has 1 aromatic carbocycles. The van der Waals surface area contributed by atoms with Crippen molar-refractivity contribution in [1.29, 1.82) is 0 Å². The zero-order chi connectivity index (χ0) is 20.1. The van der Waals surface area contributed by atoms with Gasteiger partial charge in [0, 0.05) is 19.2 Å². The minimum atomic E-state index is -0.214. The highest BCUT2D eigenvalue weighted by molar-refractivity contribution is 5.94. The molecule has 1 fully saturated rings. The molecule has 3 amide bonds. The van der Waals surface area contributed by atoms with Gasteiger partial charge in [0.15, 0.2) is 0 Å². The number of nitrogens with zero attached hydrogens (tertiary/aromatic N) is 2. The molecule has 0 unspecified atom stereocenters. The molecule has 0 aliphatic carbocycles. The van der Waals surface area contributed by atoms with Crippen molar-refractivity contribution in [3.05, 3.63) is 18.2 Å². The summed E-state index contributed by atoms with van der Waals surface area (Å²) >= 11 is 0. The number of carbonyl (C=O) groups is 2. The topological polar surface area (TPSA) is 97.1 Å². The lowest BCUT2D eigenvalue weighted by atomic mass is 9.97. The number of hydrogen-bond acceptors (Lipinski definition) is 5. The third-order valence-electron chi connectivity index (χ3n) is 5.31. The second-order valence-electron chi connectivity index (χ2n) is 7.50. The first-order chi connectivity index (χ1) is 13.5. The van der Waals surface area contributed by atoms with Crippen molar-refractivity contribution in [2.45, 2.75) is 32.3 Å². The van der Waals surface area contributed by atoms with Gasteiger partial charge in [-0.05, 0) is 51.4 Å². The molecule has 0 aromatic heterocycles. The number of amides is 3. The lowest BCUT2D eigenvalue weighted by Gasteiger charge is -2.34. The van der Waals surface area contributed by atoms with E-state index in [1.807, 2.05) is 25.1 Å². The number of methoxy groups -OCH3 is 1. The van der Waals surface area contributed by atoms with Gasteiger partial charge >= 0.3 is 6.03 Å². The first-order valence-corrected chi connectivity index (χ1v) is 9.89. The van der Waals surface area contributed by atoms with Gasteiger partial charge in [0.25, 0.3) is 0 Å². The monoisotopic (exact) mass is 390 g/mol. The number of rotatable bonds is 6. The number of carbonyl (C=O) groups excluding carboxylic acids is 2. The predicted molar refractivity (Wildman–Crippen MR) is 107 cm³/mol. The second-order valence-corrected chi connectivity index (χ2v) is 7.50. The van der Waals surface area contributed by atoms with Crippen molar-refractivity contribution in [3.63, 3.8) is 0 Å². The maximum Gasteiger partial charge on any atom is 0.322 e. The van der Waals surface area contributed by atoms with Crippen LogP contribution < -0.4 is 25.4 Å². The van der Waals surface area contributed by atoms with Crippen molar-refractivity contribution in [2.24, 2.45) is 11.7 Å². The Kier molecular flexibility index (Phi) is 6.61. The number of nitrogens with two attached hydrogens (primary N) is 1. The summed E-state index contributed by atoms with van der Waals surface area (Å²) in [4.78, 5) is 28.1. The molecule has 0 radical (unpaired) electrons. The highest BCUT2D eigenvalue weighted by Crippen LogP contribution is 2.36. The molecule has 0 spiro atoms. The van der Waals surface area contributed by atoms with Gasteiger partial charge in [-0.25, -0.2) is 4.79 Å². The fraction of sp³-hybridized carbons (Fsp3) is 0.600. The lowest BCUT2D eigenvalue weighted by molar-refractivity contribution is -0.123. The van der Waals surface area contributed by atoms with E-state index in [2.05, 4.69) is 10.2 Å². The van der Waals surface area contributed by atoms with E-state index >= 15 is 0 Å². The number of likely N-dealkylation sites (tertiary alicyclic amines) is 1. The van der Waals surface area contributed by atoms with E-state index in [4.69, 9.17) is 15.2 Å². The number of hydrogen-bond donors (Lipinski definition) is 2. The molecule has 3 rings (SSSR count). The Morgan fingerprint density at radius 3 is 2.93 bits per heavy atom. The summed E-state index contributed by atoms with van der Waals surface area (Å²) in [5, 5.41) is 3.00. The van der Waals surface area contributed by atoms with Crippen LogP contribution in [0.1, 0.15) is 26.2 Å². The summed E-state index contributed by atoms with van der Waals surface area (Å²) in [7, 11) is 1.60. The van der Waals surface area contributed by atoms with Gasteiger partial charge in [-0.2, -0.15) is 0 Å². The van der Waals surface area contributed by atoms with E-state index < -0.39 is 0 Å². The van der Waals surface area contributed by atoms with Crippen LogP contribution in [0.5, 0.6) is 11.5 Å². The smallest absolute Gasteiger partial charge is 0.322 e. The largest absolute Gasteiger partial charge is 0.497 e. The molecular formula is C20H30N4O4. The van der Waals surface area contributed by atoms with Crippen molar-refractivity contribution >= 4 is 17.6 Å². The number of nitrogens with one attached hydrogen (secondary N) is 1. The first-order valence-electron chi connectivity index (χ1n) is 9.89. The van der Waals surface area contributed by atoms with Crippen LogP contribution in [0.25, 0.3) is 0 Å². The maximum absolute atomic E-state index is 12.7. The quantitative estimate of drug-likeness (QED) is 0.719. The van der Waals surface area contributed by atoms with E-state index in [-0.39, 0.29) is 24.0 Å². The molecule has 8 nitrogen and oxygen atoms in total. The molecule has 8 heteroatoms. The van der Waals surface area contributed by atoms with E-state index in [0.717, 1.165) is 44.6 Å². The fourth-order valence-electron chi connectivity index (χ4n) is 3.82. The van der Waals surface area contributed by atoms with Crippen LogP contribution in [0, 0.1) is 5.92 Å². The minimum absolute atomic E-state index is 0.0512. The molecule has 0 saturated carbocycles. The van der Waals surface area contributed by atoms with Gasteiger partial charge < -0.3 is 25.4 Å². The molecule has 28 heavy (non-hydrogen) atoms. The van der Waals surface area contributed by atoms with Gasteiger partial charge in [0.05, 0.1) is 25.3 Å². The highest BCUT2D eigenvalue weighted by Gasteiger charge is 2.28. The van der Waals surface area contributed by atoms with Gasteiger partial charge in [0.1, 0.15) is 17.6 Å². The van der Waals surface area contributed by atoms with Gasteiger partial charge in [-0.15, -0.1) is 0 Å². The van der Waals surface area contributed by atoms with E-state index in [1.54, 1.807) is 12.0 Å². The average molecular weight is 390 g/mol.